The molecule has 2 heterocycles. The summed E-state index contributed by atoms with van der Waals surface area (Å²) in [4.78, 5) is 35.2. The zero-order valence-electron chi connectivity index (χ0n) is 38.2. The van der Waals surface area contributed by atoms with Crippen molar-refractivity contribution in [3.05, 3.63) is 102 Å². The minimum atomic E-state index is -1.40. The van der Waals surface area contributed by atoms with E-state index in [2.05, 4.69) is 19.6 Å². The number of methoxy groups -OCH3 is 2. The van der Waals surface area contributed by atoms with Crippen LogP contribution in [0.2, 0.25) is 0 Å². The van der Waals surface area contributed by atoms with Gasteiger partial charge in [0.2, 0.25) is 18.0 Å². The van der Waals surface area contributed by atoms with Crippen molar-refractivity contribution in [1.29, 1.82) is 0 Å². The first-order chi connectivity index (χ1) is 31.8. The van der Waals surface area contributed by atoms with Crippen molar-refractivity contribution in [3.63, 3.8) is 0 Å². The fourth-order valence-electron chi connectivity index (χ4n) is 10.4. The molecule has 2 aliphatic carbocycles. The molecular weight excluding hydrogens is 829 g/mol. The van der Waals surface area contributed by atoms with Gasteiger partial charge < -0.3 is 48.4 Å². The molecule has 0 bridgehead atoms. The van der Waals surface area contributed by atoms with Gasteiger partial charge in [-0.3, -0.25) is 9.59 Å². The van der Waals surface area contributed by atoms with Crippen molar-refractivity contribution in [3.8, 4) is 28.7 Å². The molecule has 0 aromatic heterocycles. The number of aldehydes is 1. The Morgan fingerprint density at radius 3 is 2.49 bits per heavy atom. The SMILES string of the molecule is C=CCOC12Oc3ccc(Oc4ccc(OC)c(C=O)c4)cc3C3C(CCCCO)C(CCCCO)C=C(C(=NOC4CCCCO4)CC1N(CCC)C(=O)Cc1cccc(OC)c1)C32. The molecule has 2 N–H and O–H groups in total. The number of rotatable bonds is 23. The smallest absolute Gasteiger partial charge is 0.239 e. The number of benzene rings is 3. The second-order valence-electron chi connectivity index (χ2n) is 17.4. The predicted molar refractivity (Wildman–Crippen MR) is 247 cm³/mol. The Hall–Kier alpha value is -5.21. The van der Waals surface area contributed by atoms with E-state index in [4.69, 9.17) is 38.4 Å². The van der Waals surface area contributed by atoms with Gasteiger partial charge in [-0.2, -0.15) is 0 Å². The van der Waals surface area contributed by atoms with Crippen LogP contribution in [0.5, 0.6) is 28.7 Å². The summed E-state index contributed by atoms with van der Waals surface area (Å²) in [5.41, 5.74) is 3.77. The van der Waals surface area contributed by atoms with Crippen LogP contribution in [0.25, 0.3) is 0 Å². The van der Waals surface area contributed by atoms with Crippen molar-refractivity contribution in [2.24, 2.45) is 22.9 Å². The summed E-state index contributed by atoms with van der Waals surface area (Å²) >= 11 is 0. The van der Waals surface area contributed by atoms with Crippen LogP contribution in [0.3, 0.4) is 0 Å². The van der Waals surface area contributed by atoms with Crippen molar-refractivity contribution < 1.29 is 53.1 Å². The van der Waals surface area contributed by atoms with E-state index in [0.29, 0.717) is 72.4 Å². The summed E-state index contributed by atoms with van der Waals surface area (Å²) in [7, 11) is 3.14. The molecular formula is C52H66N2O11. The van der Waals surface area contributed by atoms with Crippen LogP contribution in [0.1, 0.15) is 105 Å². The Balaban J connectivity index is 1.43. The molecule has 2 fully saturated rings. The van der Waals surface area contributed by atoms with E-state index in [1.165, 1.54) is 7.11 Å². The van der Waals surface area contributed by atoms with Gasteiger partial charge in [-0.05, 0) is 116 Å². The number of nitrogens with zero attached hydrogens (tertiary/aromatic N) is 2. The lowest BCUT2D eigenvalue weighted by molar-refractivity contribution is -0.257. The van der Waals surface area contributed by atoms with Crippen molar-refractivity contribution >= 4 is 17.9 Å². The van der Waals surface area contributed by atoms with Gasteiger partial charge in [-0.15, -0.1) is 6.58 Å². The zero-order valence-corrected chi connectivity index (χ0v) is 38.2. The van der Waals surface area contributed by atoms with E-state index in [1.807, 2.05) is 47.4 Å². The van der Waals surface area contributed by atoms with Gasteiger partial charge in [-0.25, -0.2) is 0 Å². The van der Waals surface area contributed by atoms with Crippen LogP contribution in [0.4, 0.5) is 0 Å². The highest BCUT2D eigenvalue weighted by Crippen LogP contribution is 2.62. The normalized spacial score (nSPS) is 25.0. The molecule has 1 saturated carbocycles. The largest absolute Gasteiger partial charge is 0.497 e. The third-order valence-corrected chi connectivity index (χ3v) is 13.3. The molecule has 0 radical (unpaired) electrons. The Kier molecular flexibility index (Phi) is 16.7. The molecule has 7 rings (SSSR count). The molecule has 7 unspecified atom stereocenters. The summed E-state index contributed by atoms with van der Waals surface area (Å²) in [6.45, 7) is 7.47. The van der Waals surface area contributed by atoms with E-state index in [9.17, 15) is 19.8 Å². The van der Waals surface area contributed by atoms with Crippen LogP contribution >= 0.6 is 0 Å². The molecule has 1 saturated heterocycles. The van der Waals surface area contributed by atoms with Crippen molar-refractivity contribution in [1.82, 2.24) is 4.90 Å². The number of aliphatic hydroxyl groups excluding tert-OH is 2. The first kappa shape index (κ1) is 47.7. The summed E-state index contributed by atoms with van der Waals surface area (Å²) in [5.74, 6) is 0.604. The fourth-order valence-corrected chi connectivity index (χ4v) is 10.4. The van der Waals surface area contributed by atoms with E-state index in [-0.39, 0.29) is 56.3 Å². The van der Waals surface area contributed by atoms with Crippen LogP contribution in [-0.2, 0) is 25.5 Å². The highest BCUT2D eigenvalue weighted by atomic mass is 16.8. The number of hydrogen-bond donors (Lipinski definition) is 2. The number of unbranched alkanes of at least 4 members (excludes halogenated alkanes) is 2. The summed E-state index contributed by atoms with van der Waals surface area (Å²) in [6.07, 6.45) is 12.6. The number of oxime groups is 1. The molecule has 1 amide bonds. The molecule has 7 atom stereocenters. The fraction of sp³-hybridized carbons (Fsp3) is 0.519. The number of allylic oxidation sites excluding steroid dienone is 1. The van der Waals surface area contributed by atoms with Gasteiger partial charge in [0.25, 0.3) is 0 Å². The average molecular weight is 895 g/mol. The minimum Gasteiger partial charge on any atom is -0.497 e. The zero-order chi connectivity index (χ0) is 45.8. The van der Waals surface area contributed by atoms with Gasteiger partial charge in [0, 0.05) is 44.1 Å². The minimum absolute atomic E-state index is 0.0240. The van der Waals surface area contributed by atoms with Crippen molar-refractivity contribution in [2.45, 2.75) is 108 Å². The molecule has 3 aromatic rings. The second kappa shape index (κ2) is 22.8. The second-order valence-corrected chi connectivity index (χ2v) is 17.4. The molecule has 13 heteroatoms. The lowest BCUT2D eigenvalue weighted by Gasteiger charge is -2.60. The van der Waals surface area contributed by atoms with Crippen LogP contribution < -0.4 is 18.9 Å². The van der Waals surface area contributed by atoms with E-state index in [1.54, 1.807) is 31.4 Å². The van der Waals surface area contributed by atoms with Crippen LogP contribution in [0.15, 0.2) is 90.1 Å². The van der Waals surface area contributed by atoms with E-state index in [0.717, 1.165) is 67.9 Å². The number of aliphatic hydroxyl groups is 2. The summed E-state index contributed by atoms with van der Waals surface area (Å²) < 4.78 is 38.0. The van der Waals surface area contributed by atoms with Gasteiger partial charge in [0.15, 0.2) is 6.29 Å². The van der Waals surface area contributed by atoms with E-state index >= 15 is 0 Å². The molecule has 65 heavy (non-hydrogen) atoms. The third kappa shape index (κ3) is 10.8. The molecule has 350 valence electrons. The van der Waals surface area contributed by atoms with E-state index < -0.39 is 24.0 Å². The number of carbonyl (C=O) groups is 2. The first-order valence-corrected chi connectivity index (χ1v) is 23.4. The molecule has 4 aliphatic rings. The van der Waals surface area contributed by atoms with Gasteiger partial charge in [0.1, 0.15) is 34.8 Å². The molecule has 13 nitrogen and oxygen atoms in total. The predicted octanol–water partition coefficient (Wildman–Crippen LogP) is 8.95. The summed E-state index contributed by atoms with van der Waals surface area (Å²) in [6, 6.07) is 17.8. The lowest BCUT2D eigenvalue weighted by atomic mass is 9.55. The number of carbonyl (C=O) groups excluding carboxylic acids is 2. The van der Waals surface area contributed by atoms with Gasteiger partial charge in [0.05, 0.1) is 51.0 Å². The highest BCUT2D eigenvalue weighted by Gasteiger charge is 2.65. The number of ether oxygens (including phenoxy) is 6. The quantitative estimate of drug-likeness (QED) is 0.0406. The molecule has 0 spiro atoms. The van der Waals surface area contributed by atoms with Crippen LogP contribution in [0, 0.1) is 17.8 Å². The maximum Gasteiger partial charge on any atom is 0.239 e. The lowest BCUT2D eigenvalue weighted by Crippen LogP contribution is -2.70. The Labute approximate surface area is 383 Å². The average Bonchev–Trinajstić information content (AvgIpc) is 3.33. The van der Waals surface area contributed by atoms with Gasteiger partial charge >= 0.3 is 0 Å². The van der Waals surface area contributed by atoms with Gasteiger partial charge in [-0.1, -0.05) is 49.2 Å². The number of amides is 1. The monoisotopic (exact) mass is 894 g/mol. The number of fused-ring (bicyclic) bond motifs is 2. The van der Waals surface area contributed by atoms with Crippen LogP contribution in [-0.4, -0.2) is 98.3 Å². The topological polar surface area (TPSA) is 155 Å². The molecule has 3 aromatic carbocycles. The molecule has 2 aliphatic heterocycles. The highest BCUT2D eigenvalue weighted by molar-refractivity contribution is 6.03. The first-order valence-electron chi connectivity index (χ1n) is 23.4. The van der Waals surface area contributed by atoms with Crippen molar-refractivity contribution in [2.75, 3.05) is 47.2 Å². The Morgan fingerprint density at radius 2 is 1.77 bits per heavy atom. The standard InChI is InChI=1S/C52H66N2O11/c1-5-23-54(48(58)29-35-14-13-16-38(28-35)59-3)47-33-44(53-65-49-18-9-12-27-61-49)42-31-36(15-7-10-24-55)41(17-8-11-25-56)50-43-32-40(63-39-19-21-45(60-4)37(30-39)34-57)20-22-46(43)64-52(47,51(42)50)62-26-6-2/h6,13-14,16,19-22,28,30-32,34,36,41,47,49-51,55-56H,2,5,7-12,15,17-18,23-27,29,33H2,1,3-4H3. The maximum absolute atomic E-state index is 15.0. The Bertz CT molecular complexity index is 2150. The third-order valence-electron chi connectivity index (χ3n) is 13.3. The number of hydrogen-bond acceptors (Lipinski definition) is 12. The Morgan fingerprint density at radius 1 is 0.969 bits per heavy atom. The maximum atomic E-state index is 15.0. The summed E-state index contributed by atoms with van der Waals surface area (Å²) in [5, 5.41) is 25.0.